The largest absolute Gasteiger partial charge is 0.507 e. The van der Waals surface area contributed by atoms with Crippen molar-refractivity contribution in [2.75, 3.05) is 16.8 Å². The Balaban J connectivity index is 0.000000122. The van der Waals surface area contributed by atoms with Crippen molar-refractivity contribution in [2.24, 2.45) is 0 Å². The molecule has 536 valence electrons. The number of fused-ring (bicyclic) bond motifs is 5. The smallest absolute Gasteiger partial charge is 0.233 e. The van der Waals surface area contributed by atoms with Gasteiger partial charge in [0.15, 0.2) is 0 Å². The molecule has 0 saturated heterocycles. The van der Waals surface area contributed by atoms with Crippen molar-refractivity contribution >= 4 is 148 Å². The summed E-state index contributed by atoms with van der Waals surface area (Å²) in [5, 5.41) is 35.7. The Morgan fingerprint density at radius 1 is 0.406 bits per heavy atom. The van der Waals surface area contributed by atoms with E-state index in [0.29, 0.717) is 89.9 Å². The molecule has 3 saturated carbocycles. The van der Waals surface area contributed by atoms with Gasteiger partial charge in [0, 0.05) is 42.4 Å². The molecule has 3 aliphatic carbocycles. The van der Waals surface area contributed by atoms with E-state index in [1.807, 2.05) is 50.4 Å². The quantitative estimate of drug-likeness (QED) is 0.0368. The van der Waals surface area contributed by atoms with Gasteiger partial charge in [-0.05, 0) is 262 Å². The third-order valence-electron chi connectivity index (χ3n) is 17.1. The fourth-order valence-electron chi connectivity index (χ4n) is 11.4. The van der Waals surface area contributed by atoms with Gasteiger partial charge in [-0.15, -0.1) is 0 Å². The van der Waals surface area contributed by atoms with E-state index < -0.39 is 0 Å². The summed E-state index contributed by atoms with van der Waals surface area (Å²) in [6.45, 7) is 12.2. The summed E-state index contributed by atoms with van der Waals surface area (Å²) in [5.41, 5.74) is 27.5. The van der Waals surface area contributed by atoms with Crippen LogP contribution in [0.5, 0.6) is 29.0 Å². The van der Waals surface area contributed by atoms with Crippen molar-refractivity contribution in [1.29, 1.82) is 10.5 Å². The minimum atomic E-state index is 0.157. The average molecular weight is 1530 g/mol. The van der Waals surface area contributed by atoms with Crippen molar-refractivity contribution in [2.45, 2.75) is 97.8 Å². The number of H-pyrrole nitrogens is 5. The van der Waals surface area contributed by atoms with Crippen LogP contribution in [0, 0.1) is 64.2 Å². The number of aromatic hydroxyl groups is 1. The van der Waals surface area contributed by atoms with Gasteiger partial charge in [-0.2, -0.15) is 45.4 Å². The van der Waals surface area contributed by atoms with Crippen LogP contribution in [0.25, 0.3) is 55.2 Å². The zero-order valence-electron chi connectivity index (χ0n) is 57.9. The lowest BCUT2D eigenvalue weighted by Crippen LogP contribution is -2.01. The number of nitrogen functional groups attached to an aromatic ring is 2. The number of aromatic amines is 5. The van der Waals surface area contributed by atoms with E-state index in [9.17, 15) is 5.11 Å². The molecule has 10 aromatic heterocycles. The third kappa shape index (κ3) is 18.8. The topological polar surface area (TPSA) is 358 Å². The number of hydrogen-bond acceptors (Lipinski definition) is 18. The molecule has 10 heterocycles. The summed E-state index contributed by atoms with van der Waals surface area (Å²) in [7, 11) is 0. The van der Waals surface area contributed by atoms with Gasteiger partial charge in [-0.25, -0.2) is 15.0 Å². The van der Waals surface area contributed by atoms with Crippen LogP contribution in [-0.2, 0) is 0 Å². The van der Waals surface area contributed by atoms with Crippen LogP contribution in [0.15, 0.2) is 146 Å². The van der Waals surface area contributed by atoms with E-state index in [1.165, 1.54) is 55.2 Å². The lowest BCUT2D eigenvalue weighted by atomic mass is 10.0. The molecule has 5 aromatic carbocycles. The summed E-state index contributed by atoms with van der Waals surface area (Å²) < 4.78 is 12.4. The van der Waals surface area contributed by atoms with Crippen LogP contribution >= 0.6 is 69.6 Å². The van der Waals surface area contributed by atoms with Crippen molar-refractivity contribution in [3.8, 4) is 41.1 Å². The molecular formula is C77H68Cl6N20O3. The summed E-state index contributed by atoms with van der Waals surface area (Å²) in [5.74, 6) is 5.96. The Morgan fingerprint density at radius 2 is 0.736 bits per heavy atom. The molecule has 23 nitrogen and oxygen atoms in total. The second-order valence-corrected chi connectivity index (χ2v) is 27.4. The molecule has 3 fully saturated rings. The van der Waals surface area contributed by atoms with Gasteiger partial charge in [0.25, 0.3) is 0 Å². The number of halogens is 6. The number of hydrogen-bond donors (Lipinski definition) is 9. The van der Waals surface area contributed by atoms with E-state index >= 15 is 0 Å². The van der Waals surface area contributed by atoms with Crippen LogP contribution in [0.1, 0.15) is 117 Å². The zero-order chi connectivity index (χ0) is 74.9. The summed E-state index contributed by atoms with van der Waals surface area (Å²) in [4.78, 5) is 55.4. The van der Waals surface area contributed by atoms with Gasteiger partial charge < -0.3 is 56.3 Å². The SMILES string of the molecule is Cc1cc(C2CC2)cc(C)c1O.Cc1cc(C2CC2)cc(C)c1Oc1nc(Cl)nc2[nH]ccc12.Cc1cc(C2CC2)cc(C)c1Oc1nc(Nc2ccc(C#N)cc2)nc2[nH]ccc12.Clc1nc(Cl)c2cc[nH]c2n1.Clc1nc(Cl)c2cc[nH]c2n1.N#Cc1ccc(N)cc1.Nc1nc(Cl)c2cc[nH]c2n1. The number of nitrogens with zero attached hydrogens (tertiary/aromatic N) is 12. The molecule has 0 atom stereocenters. The first kappa shape index (κ1) is 74.4. The number of nitrogens with two attached hydrogens (primary N) is 2. The van der Waals surface area contributed by atoms with Crippen LogP contribution in [0.2, 0.25) is 31.3 Å². The molecule has 0 amide bonds. The second kappa shape index (κ2) is 33.2. The van der Waals surface area contributed by atoms with Gasteiger partial charge in [-0.1, -0.05) is 71.2 Å². The van der Waals surface area contributed by atoms with Crippen LogP contribution in [0.4, 0.5) is 23.3 Å². The van der Waals surface area contributed by atoms with Gasteiger partial charge in [-0.3, -0.25) is 0 Å². The van der Waals surface area contributed by atoms with Gasteiger partial charge in [0.1, 0.15) is 60.9 Å². The maximum absolute atomic E-state index is 9.53. The fourth-order valence-corrected chi connectivity index (χ4v) is 12.7. The van der Waals surface area contributed by atoms with Crippen molar-refractivity contribution < 1.29 is 14.6 Å². The Kier molecular flexibility index (Phi) is 23.3. The first-order valence-corrected chi connectivity index (χ1v) is 35.7. The highest BCUT2D eigenvalue weighted by Gasteiger charge is 2.27. The predicted molar refractivity (Wildman–Crippen MR) is 419 cm³/mol. The first-order chi connectivity index (χ1) is 51.0. The number of phenols is 1. The number of aryl methyl sites for hydroxylation is 6. The van der Waals surface area contributed by atoms with Crippen LogP contribution in [-0.4, -0.2) is 79.9 Å². The molecule has 0 bridgehead atoms. The van der Waals surface area contributed by atoms with Crippen molar-refractivity contribution in [3.63, 3.8) is 0 Å². The number of rotatable bonds is 9. The van der Waals surface area contributed by atoms with Crippen molar-refractivity contribution in [3.05, 3.63) is 239 Å². The van der Waals surface area contributed by atoms with Gasteiger partial charge in [0.2, 0.25) is 39.5 Å². The molecule has 0 spiro atoms. The summed E-state index contributed by atoms with van der Waals surface area (Å²) in [6, 6.07) is 40.4. The first-order valence-electron chi connectivity index (χ1n) is 33.4. The minimum absolute atomic E-state index is 0.157. The average Bonchev–Trinajstić information content (AvgIpc) is 1.62. The minimum Gasteiger partial charge on any atom is -0.507 e. The number of benzene rings is 5. The number of nitriles is 2. The van der Waals surface area contributed by atoms with E-state index in [2.05, 4.69) is 150 Å². The maximum Gasteiger partial charge on any atom is 0.233 e. The number of nitrogens with one attached hydrogen (secondary N) is 6. The molecule has 11 N–H and O–H groups in total. The number of phenolic OH excluding ortho intramolecular Hbond substituents is 1. The van der Waals surface area contributed by atoms with Gasteiger partial charge in [0.05, 0.1) is 50.2 Å². The van der Waals surface area contributed by atoms with Crippen LogP contribution in [0.3, 0.4) is 0 Å². The number of aromatic nitrogens is 15. The highest BCUT2D eigenvalue weighted by Crippen LogP contribution is 2.46. The van der Waals surface area contributed by atoms with E-state index in [-0.39, 0.29) is 21.8 Å². The van der Waals surface area contributed by atoms with Crippen LogP contribution < -0.4 is 26.3 Å². The zero-order valence-corrected chi connectivity index (χ0v) is 62.4. The molecule has 15 aromatic rings. The molecule has 0 unspecified atom stereocenters. The lowest BCUT2D eigenvalue weighted by molar-refractivity contribution is 0.461. The Morgan fingerprint density at radius 3 is 1.13 bits per heavy atom. The summed E-state index contributed by atoms with van der Waals surface area (Å²) in [6.07, 6.45) is 16.6. The number of ether oxygens (including phenoxy) is 2. The van der Waals surface area contributed by atoms with E-state index in [0.717, 1.165) is 89.3 Å². The van der Waals surface area contributed by atoms with Gasteiger partial charge >= 0.3 is 0 Å². The molecular weight excluding hydrogens is 1470 g/mol. The molecule has 106 heavy (non-hydrogen) atoms. The second-order valence-electron chi connectivity index (χ2n) is 25.3. The molecule has 0 radical (unpaired) electrons. The lowest BCUT2D eigenvalue weighted by Gasteiger charge is -2.14. The molecule has 29 heteroatoms. The highest BCUT2D eigenvalue weighted by atomic mass is 35.5. The maximum atomic E-state index is 9.53. The molecule has 0 aliphatic heterocycles. The number of anilines is 4. The standard InChI is InChI=1S/C24H21N5O.C17H16ClN3O.C11H14O.C7H6N2.2C6H3Cl2N3.C6H5ClN4/c1-14-11-18(17-5-6-17)12-15(2)21(14)30-23-20-9-10-26-22(20)28-24(29-23)27-19-7-3-16(13-25)4-8-19;1-9-7-12(11-3-4-11)8-10(2)14(9)22-16-13-5-6-19-15(13)20-17(18)21-16;1-7-5-10(9-3-4-9)6-8(2)11(7)12;8-5-6-1-3-7(9)4-2-6;3*7-4-3-1-2-9-5(3)11-6(8)10-4/h3-4,7-12,17H,5-6H2,1-2H3,(H2,26,27,28,29);5-8,11H,3-4H2,1-2H3,(H,19,20,21);5-6,9,12H,3-4H2,1-2H3;1-4H,9H2;2*1-2H,(H,9,10,11);1-2H,(H3,8,9,10,11). The molecule has 18 rings (SSSR count). The third-order valence-corrected chi connectivity index (χ3v) is 18.5. The fraction of sp³-hybridized carbons (Fsp3) is 0.195. The monoisotopic (exact) mass is 1530 g/mol. The molecule has 3 aliphatic rings. The Bertz CT molecular complexity index is 5500. The highest BCUT2D eigenvalue weighted by molar-refractivity contribution is 6.36. The normalized spacial score (nSPS) is 12.7. The predicted octanol–water partition coefficient (Wildman–Crippen LogP) is 20.5. The van der Waals surface area contributed by atoms with E-state index in [1.54, 1.807) is 79.4 Å². The van der Waals surface area contributed by atoms with Crippen molar-refractivity contribution in [1.82, 2.24) is 74.8 Å². The summed E-state index contributed by atoms with van der Waals surface area (Å²) >= 11 is 34.3. The Hall–Kier alpha value is -11.3. The van der Waals surface area contributed by atoms with E-state index in [4.69, 9.17) is 101 Å². The Labute approximate surface area is 638 Å².